The van der Waals surface area contributed by atoms with Crippen molar-refractivity contribution in [2.75, 3.05) is 26.2 Å². The lowest BCUT2D eigenvalue weighted by Crippen LogP contribution is -2.56. The predicted molar refractivity (Wildman–Crippen MR) is 228 cm³/mol. The summed E-state index contributed by atoms with van der Waals surface area (Å²) < 4.78 is 11.5. The molecule has 0 spiro atoms. The van der Waals surface area contributed by atoms with Crippen molar-refractivity contribution in [2.24, 2.45) is 11.7 Å². The number of ketones is 1. The quantitative estimate of drug-likeness (QED) is 0.0601. The summed E-state index contributed by atoms with van der Waals surface area (Å²) in [5.74, 6) is -5.42. The van der Waals surface area contributed by atoms with Gasteiger partial charge in [-0.25, -0.2) is 4.79 Å². The highest BCUT2D eigenvalue weighted by Crippen LogP contribution is 2.24. The molecule has 0 saturated carbocycles. The van der Waals surface area contributed by atoms with Gasteiger partial charge in [-0.05, 0) is 48.4 Å². The topological polar surface area (TPSA) is 244 Å². The number of hydrogen-bond donors (Lipinski definition) is 6. The first-order valence-electron chi connectivity index (χ1n) is 20.8. The van der Waals surface area contributed by atoms with Crippen LogP contribution in [0.25, 0.3) is 0 Å². The van der Waals surface area contributed by atoms with Crippen molar-refractivity contribution in [2.45, 2.75) is 89.8 Å². The number of ether oxygens (including phenoxy) is 2. The van der Waals surface area contributed by atoms with Gasteiger partial charge >= 0.3 is 6.09 Å². The Hall–Kier alpha value is -6.62. The van der Waals surface area contributed by atoms with Crippen molar-refractivity contribution in [1.82, 2.24) is 31.5 Å². The molecule has 17 nitrogen and oxygen atoms in total. The molecule has 3 aromatic rings. The fourth-order valence-electron chi connectivity index (χ4n) is 6.69. The lowest BCUT2D eigenvalue weighted by atomic mass is 10.0. The van der Waals surface area contributed by atoms with Gasteiger partial charge in [0.15, 0.2) is 0 Å². The summed E-state index contributed by atoms with van der Waals surface area (Å²) in [7, 11) is 0. The second-order valence-electron chi connectivity index (χ2n) is 15.3. The van der Waals surface area contributed by atoms with Crippen molar-refractivity contribution in [3.05, 3.63) is 108 Å². The van der Waals surface area contributed by atoms with Crippen LogP contribution in [0.1, 0.15) is 80.4 Å². The molecule has 17 heteroatoms. The Kier molecular flexibility index (Phi) is 19.1. The van der Waals surface area contributed by atoms with Gasteiger partial charge < -0.3 is 46.7 Å². The second kappa shape index (κ2) is 24.6. The van der Waals surface area contributed by atoms with Gasteiger partial charge in [0.05, 0.1) is 31.9 Å². The average molecular weight is 856 g/mol. The van der Waals surface area contributed by atoms with Crippen LogP contribution in [0.2, 0.25) is 0 Å². The number of amides is 7. The summed E-state index contributed by atoms with van der Waals surface area (Å²) in [4.78, 5) is 107. The Morgan fingerprint density at radius 2 is 1.44 bits per heavy atom. The molecule has 62 heavy (non-hydrogen) atoms. The maximum absolute atomic E-state index is 14.4. The predicted octanol–water partition coefficient (Wildman–Crippen LogP) is 2.45. The number of rotatable bonds is 23. The van der Waals surface area contributed by atoms with E-state index >= 15 is 0 Å². The molecule has 7 N–H and O–H groups in total. The molecule has 7 amide bonds. The molecule has 1 fully saturated rings. The average Bonchev–Trinajstić information content (AvgIpc) is 3.71. The number of nitrogens with zero attached hydrogens (tertiary/aromatic N) is 1. The smallest absolute Gasteiger partial charge is 0.407 e. The summed E-state index contributed by atoms with van der Waals surface area (Å²) in [6.45, 7) is 5.23. The Labute approximate surface area is 361 Å². The molecule has 0 aromatic heterocycles. The molecule has 0 radical (unpaired) electrons. The van der Waals surface area contributed by atoms with E-state index in [1.165, 1.54) is 4.90 Å². The van der Waals surface area contributed by atoms with Gasteiger partial charge in [-0.1, -0.05) is 106 Å². The Balaban J connectivity index is 1.48. The van der Waals surface area contributed by atoms with Gasteiger partial charge in [-0.3, -0.25) is 33.6 Å². The molecule has 2 unspecified atom stereocenters. The monoisotopic (exact) mass is 855 g/mol. The summed E-state index contributed by atoms with van der Waals surface area (Å²) in [6, 6.07) is 21.3. The molecule has 3 aromatic carbocycles. The van der Waals surface area contributed by atoms with Gasteiger partial charge in [0.2, 0.25) is 29.4 Å². The number of primary amides is 1. The van der Waals surface area contributed by atoms with Crippen LogP contribution in [-0.4, -0.2) is 103 Å². The number of hydrogen-bond acceptors (Lipinski definition) is 10. The SMILES string of the molecule is CCCC(NC(=O)[C@@H]1C[C@@H](OCc2ccccc2)CN1C(=O)C(CCCNC(=O)c1ccccc1)NC(=O)OCC(C)C)C(=O)C(=O)NCC(=O)N[C@H](C(N)=O)c1ccccc1. The Morgan fingerprint density at radius 3 is 2.06 bits per heavy atom. The van der Waals surface area contributed by atoms with Gasteiger partial charge in [-0.2, -0.15) is 0 Å². The summed E-state index contributed by atoms with van der Waals surface area (Å²) >= 11 is 0. The molecular weight excluding hydrogens is 799 g/mol. The van der Waals surface area contributed by atoms with E-state index in [0.717, 1.165) is 5.56 Å². The highest BCUT2D eigenvalue weighted by Gasteiger charge is 2.43. The largest absolute Gasteiger partial charge is 0.449 e. The molecule has 0 aliphatic carbocycles. The summed E-state index contributed by atoms with van der Waals surface area (Å²) in [5.41, 5.74) is 7.23. The second-order valence-corrected chi connectivity index (χ2v) is 15.3. The highest BCUT2D eigenvalue weighted by molar-refractivity contribution is 6.38. The van der Waals surface area contributed by atoms with E-state index in [0.29, 0.717) is 17.5 Å². The number of nitrogens with two attached hydrogens (primary N) is 1. The van der Waals surface area contributed by atoms with Crippen LogP contribution < -0.4 is 32.3 Å². The number of carbonyl (C=O) groups is 8. The number of alkyl carbamates (subject to hydrolysis) is 1. The number of benzene rings is 3. The minimum absolute atomic E-state index is 0.0177. The van der Waals surface area contributed by atoms with E-state index in [4.69, 9.17) is 15.2 Å². The van der Waals surface area contributed by atoms with Crippen molar-refractivity contribution in [3.8, 4) is 0 Å². The first kappa shape index (κ1) is 48.1. The van der Waals surface area contributed by atoms with Crippen molar-refractivity contribution < 1.29 is 47.8 Å². The lowest BCUT2D eigenvalue weighted by Gasteiger charge is -2.29. The number of nitrogens with one attached hydrogen (secondary N) is 5. The first-order valence-corrected chi connectivity index (χ1v) is 20.8. The fourth-order valence-corrected chi connectivity index (χ4v) is 6.69. The van der Waals surface area contributed by atoms with E-state index in [-0.39, 0.29) is 63.8 Å². The fraction of sp³-hybridized carbons (Fsp3) is 0.422. The van der Waals surface area contributed by atoms with E-state index in [1.54, 1.807) is 67.6 Å². The third-order valence-electron chi connectivity index (χ3n) is 9.87. The minimum Gasteiger partial charge on any atom is -0.449 e. The Bertz CT molecular complexity index is 1980. The Morgan fingerprint density at radius 1 is 0.790 bits per heavy atom. The number of carbonyl (C=O) groups excluding carboxylic acids is 8. The lowest BCUT2D eigenvalue weighted by molar-refractivity contribution is -0.143. The van der Waals surface area contributed by atoms with Crippen LogP contribution in [0, 0.1) is 5.92 Å². The molecule has 4 rings (SSSR count). The van der Waals surface area contributed by atoms with Gasteiger partial charge in [0.25, 0.3) is 11.8 Å². The van der Waals surface area contributed by atoms with Crippen molar-refractivity contribution in [3.63, 3.8) is 0 Å². The van der Waals surface area contributed by atoms with Crippen molar-refractivity contribution in [1.29, 1.82) is 0 Å². The zero-order chi connectivity index (χ0) is 45.0. The number of Topliss-reactive ketones (excluding diaryl/α,β-unsaturated/α-hetero) is 1. The van der Waals surface area contributed by atoms with Crippen LogP contribution in [0.4, 0.5) is 4.79 Å². The number of likely N-dealkylation sites (tertiary alicyclic amines) is 1. The van der Waals surface area contributed by atoms with Gasteiger partial charge in [0.1, 0.15) is 18.1 Å². The molecule has 5 atom stereocenters. The minimum atomic E-state index is -1.33. The van der Waals surface area contributed by atoms with Crippen LogP contribution in [0.15, 0.2) is 91.0 Å². The van der Waals surface area contributed by atoms with Gasteiger partial charge in [0, 0.05) is 25.1 Å². The van der Waals surface area contributed by atoms with Crippen LogP contribution in [0.3, 0.4) is 0 Å². The zero-order valence-electron chi connectivity index (χ0n) is 35.3. The van der Waals surface area contributed by atoms with E-state index in [1.807, 2.05) is 44.2 Å². The standard InChI is InChI=1S/C45H57N7O10/c1-4-15-34(39(54)43(58)48-25-37(53)51-38(40(46)55)31-18-10-6-11-19-31)49-42(57)36-24-33(61-28-30-16-8-5-9-17-30)26-52(36)44(59)35(50-45(60)62-27-29(2)3)22-14-23-47-41(56)32-20-12-7-13-21-32/h5-13,16-21,29,33-36,38H,4,14-15,22-28H2,1-3H3,(H2,46,55)(H,47,56)(H,48,58)(H,49,57)(H,50,60)(H,51,53)/t33-,34?,35?,36+,38+/m1/s1. The van der Waals surface area contributed by atoms with E-state index < -0.39 is 78.2 Å². The normalized spacial score (nSPS) is 16.0. The van der Waals surface area contributed by atoms with E-state index in [9.17, 15) is 38.4 Å². The molecule has 1 saturated heterocycles. The van der Waals surface area contributed by atoms with Gasteiger partial charge in [-0.15, -0.1) is 0 Å². The summed E-state index contributed by atoms with van der Waals surface area (Å²) in [6.07, 6.45) is -0.656. The maximum atomic E-state index is 14.4. The first-order chi connectivity index (χ1) is 29.8. The molecule has 1 heterocycles. The molecule has 332 valence electrons. The third-order valence-corrected chi connectivity index (χ3v) is 9.87. The molecule has 0 bridgehead atoms. The van der Waals surface area contributed by atoms with Crippen molar-refractivity contribution >= 4 is 47.3 Å². The molecule has 1 aliphatic heterocycles. The molecule has 1 aliphatic rings. The van der Waals surface area contributed by atoms with Crippen LogP contribution >= 0.6 is 0 Å². The third kappa shape index (κ3) is 15.1. The zero-order valence-corrected chi connectivity index (χ0v) is 35.3. The van der Waals surface area contributed by atoms with E-state index in [2.05, 4.69) is 26.6 Å². The van der Waals surface area contributed by atoms with Crippen LogP contribution in [0.5, 0.6) is 0 Å². The highest BCUT2D eigenvalue weighted by atomic mass is 16.5. The summed E-state index contributed by atoms with van der Waals surface area (Å²) in [5, 5.41) is 12.8. The van der Waals surface area contributed by atoms with Crippen LogP contribution in [-0.2, 0) is 44.8 Å². The molecular formula is C45H57N7O10. The maximum Gasteiger partial charge on any atom is 0.407 e.